The zero-order valence-corrected chi connectivity index (χ0v) is 10.3. The molecule has 82 valence electrons. The topological polar surface area (TPSA) is 29.1 Å². The maximum Gasteiger partial charge on any atom is 0.158 e. The Morgan fingerprint density at radius 3 is 2.80 bits per heavy atom. The van der Waals surface area contributed by atoms with Gasteiger partial charge in [-0.05, 0) is 32.0 Å². The van der Waals surface area contributed by atoms with E-state index < -0.39 is 5.54 Å². The van der Waals surface area contributed by atoms with E-state index in [0.717, 1.165) is 28.5 Å². The lowest BCUT2D eigenvalue weighted by atomic mass is 9.79. The van der Waals surface area contributed by atoms with Crippen LogP contribution in [0.4, 0.5) is 0 Å². The van der Waals surface area contributed by atoms with Crippen LogP contribution in [0.2, 0.25) is 4.34 Å². The van der Waals surface area contributed by atoms with E-state index in [1.54, 1.807) is 0 Å². The molecule has 1 unspecified atom stereocenters. The maximum atomic E-state index is 12.1. The second-order valence-corrected chi connectivity index (χ2v) is 5.60. The van der Waals surface area contributed by atoms with Crippen LogP contribution in [0.3, 0.4) is 0 Å². The van der Waals surface area contributed by atoms with E-state index in [1.807, 2.05) is 19.2 Å². The fourth-order valence-corrected chi connectivity index (χ4v) is 3.51. The van der Waals surface area contributed by atoms with Crippen molar-refractivity contribution >= 4 is 28.7 Å². The third-order valence-electron chi connectivity index (χ3n) is 3.10. The highest BCUT2D eigenvalue weighted by Crippen LogP contribution is 2.38. The van der Waals surface area contributed by atoms with E-state index >= 15 is 0 Å². The van der Waals surface area contributed by atoms with E-state index in [0.29, 0.717) is 12.2 Å². The van der Waals surface area contributed by atoms with E-state index in [2.05, 4.69) is 5.32 Å². The van der Waals surface area contributed by atoms with Gasteiger partial charge in [0, 0.05) is 11.3 Å². The maximum absolute atomic E-state index is 12.1. The van der Waals surface area contributed by atoms with Crippen LogP contribution in [0.1, 0.15) is 30.6 Å². The molecule has 0 bridgehead atoms. The van der Waals surface area contributed by atoms with Gasteiger partial charge in [0.25, 0.3) is 0 Å². The minimum Gasteiger partial charge on any atom is -0.304 e. The molecular weight excluding hydrogens is 230 g/mol. The minimum atomic E-state index is -0.462. The van der Waals surface area contributed by atoms with Crippen molar-refractivity contribution in [1.82, 2.24) is 5.32 Å². The number of nitrogens with one attached hydrogen (secondary N) is 1. The molecule has 1 fully saturated rings. The van der Waals surface area contributed by atoms with Crippen LogP contribution in [0.15, 0.2) is 12.1 Å². The first kappa shape index (κ1) is 11.1. The van der Waals surface area contributed by atoms with E-state index in [1.165, 1.54) is 11.3 Å². The Hall–Kier alpha value is -0.380. The van der Waals surface area contributed by atoms with Gasteiger partial charge in [0.1, 0.15) is 5.54 Å². The Labute approximate surface area is 98.6 Å². The quantitative estimate of drug-likeness (QED) is 0.865. The van der Waals surface area contributed by atoms with Crippen LogP contribution in [0.25, 0.3) is 0 Å². The van der Waals surface area contributed by atoms with Crippen molar-refractivity contribution in [3.8, 4) is 0 Å². The van der Waals surface area contributed by atoms with Gasteiger partial charge in [-0.25, -0.2) is 0 Å². The van der Waals surface area contributed by atoms with Gasteiger partial charge in [0.05, 0.1) is 4.34 Å². The highest BCUT2D eigenvalue weighted by molar-refractivity contribution is 7.16. The summed E-state index contributed by atoms with van der Waals surface area (Å²) in [5.41, 5.74) is -0.462. The molecule has 2 rings (SSSR count). The number of rotatable bonds is 2. The van der Waals surface area contributed by atoms with Crippen LogP contribution >= 0.6 is 22.9 Å². The number of hydrogen-bond acceptors (Lipinski definition) is 3. The molecule has 1 N–H and O–H groups in total. The highest BCUT2D eigenvalue weighted by atomic mass is 35.5. The number of carbonyl (C=O) groups excluding carboxylic acids is 1. The Bertz CT molecular complexity index is 376. The predicted molar refractivity (Wildman–Crippen MR) is 63.5 cm³/mol. The molecule has 1 saturated carbocycles. The highest BCUT2D eigenvalue weighted by Gasteiger charge is 2.40. The summed E-state index contributed by atoms with van der Waals surface area (Å²) in [6.07, 6.45) is 3.68. The van der Waals surface area contributed by atoms with Gasteiger partial charge < -0.3 is 5.32 Å². The summed E-state index contributed by atoms with van der Waals surface area (Å²) in [7, 11) is 1.86. The number of Topliss-reactive ketones (excluding diaryl/α,β-unsaturated/α-hetero) is 1. The summed E-state index contributed by atoms with van der Waals surface area (Å²) < 4.78 is 0.748. The molecule has 15 heavy (non-hydrogen) atoms. The predicted octanol–water partition coefficient (Wildman–Crippen LogP) is 2.96. The minimum absolute atomic E-state index is 0.301. The van der Waals surface area contributed by atoms with Crippen LogP contribution in [-0.2, 0) is 10.3 Å². The van der Waals surface area contributed by atoms with Gasteiger partial charge >= 0.3 is 0 Å². The molecule has 1 aliphatic rings. The van der Waals surface area contributed by atoms with Crippen molar-refractivity contribution < 1.29 is 4.79 Å². The lowest BCUT2D eigenvalue weighted by molar-refractivity contribution is -0.127. The first-order chi connectivity index (χ1) is 7.19. The molecular formula is C11H14ClNOS. The molecule has 0 aromatic carbocycles. The normalized spacial score (nSPS) is 26.9. The second kappa shape index (κ2) is 4.24. The number of ketones is 1. The molecule has 1 aromatic heterocycles. The fourth-order valence-electron chi connectivity index (χ4n) is 2.22. The average Bonchev–Trinajstić information content (AvgIpc) is 2.66. The molecule has 1 aromatic rings. The first-order valence-electron chi connectivity index (χ1n) is 5.17. The third-order valence-corrected chi connectivity index (χ3v) is 4.50. The van der Waals surface area contributed by atoms with Gasteiger partial charge in [0.2, 0.25) is 0 Å². The van der Waals surface area contributed by atoms with Crippen molar-refractivity contribution in [2.75, 3.05) is 7.05 Å². The largest absolute Gasteiger partial charge is 0.304 e. The summed E-state index contributed by atoms with van der Waals surface area (Å²) in [6.45, 7) is 0. The van der Waals surface area contributed by atoms with Gasteiger partial charge in [-0.15, -0.1) is 11.3 Å². The van der Waals surface area contributed by atoms with Crippen LogP contribution < -0.4 is 5.32 Å². The van der Waals surface area contributed by atoms with Crippen LogP contribution in [0, 0.1) is 0 Å². The Morgan fingerprint density at radius 1 is 1.47 bits per heavy atom. The Morgan fingerprint density at radius 2 is 2.27 bits per heavy atom. The lowest BCUT2D eigenvalue weighted by Gasteiger charge is -2.34. The van der Waals surface area contributed by atoms with Crippen molar-refractivity contribution in [1.29, 1.82) is 0 Å². The third kappa shape index (κ3) is 1.84. The van der Waals surface area contributed by atoms with Crippen molar-refractivity contribution in [2.45, 2.75) is 31.2 Å². The number of carbonyl (C=O) groups is 1. The molecule has 2 nitrogen and oxygen atoms in total. The van der Waals surface area contributed by atoms with Gasteiger partial charge in [-0.1, -0.05) is 18.0 Å². The van der Waals surface area contributed by atoms with E-state index in [-0.39, 0.29) is 0 Å². The van der Waals surface area contributed by atoms with E-state index in [4.69, 9.17) is 11.6 Å². The SMILES string of the molecule is CNC1(c2ccc(Cl)s2)CCCCC1=O. The summed E-state index contributed by atoms with van der Waals surface area (Å²) in [4.78, 5) is 13.1. The van der Waals surface area contributed by atoms with Crippen LogP contribution in [-0.4, -0.2) is 12.8 Å². The average molecular weight is 244 g/mol. The molecule has 0 aliphatic heterocycles. The van der Waals surface area contributed by atoms with Gasteiger partial charge in [-0.3, -0.25) is 4.79 Å². The van der Waals surface area contributed by atoms with Gasteiger partial charge in [-0.2, -0.15) is 0 Å². The number of halogens is 1. The van der Waals surface area contributed by atoms with E-state index in [9.17, 15) is 4.79 Å². The zero-order valence-electron chi connectivity index (χ0n) is 8.68. The fraction of sp³-hybridized carbons (Fsp3) is 0.545. The second-order valence-electron chi connectivity index (χ2n) is 3.89. The molecule has 4 heteroatoms. The molecule has 0 radical (unpaired) electrons. The molecule has 1 aliphatic carbocycles. The number of likely N-dealkylation sites (N-methyl/N-ethyl adjacent to an activating group) is 1. The Kier molecular flexibility index (Phi) is 3.14. The zero-order chi connectivity index (χ0) is 10.9. The first-order valence-corrected chi connectivity index (χ1v) is 6.36. The Balaban J connectivity index is 2.39. The summed E-state index contributed by atoms with van der Waals surface area (Å²) in [6, 6.07) is 3.83. The smallest absolute Gasteiger partial charge is 0.158 e. The molecule has 1 heterocycles. The molecule has 0 saturated heterocycles. The van der Waals surface area contributed by atoms with Crippen LogP contribution in [0.5, 0.6) is 0 Å². The van der Waals surface area contributed by atoms with Crippen molar-refractivity contribution in [3.05, 3.63) is 21.3 Å². The molecule has 1 atom stereocenters. The number of hydrogen-bond donors (Lipinski definition) is 1. The monoisotopic (exact) mass is 243 g/mol. The lowest BCUT2D eigenvalue weighted by Crippen LogP contribution is -2.48. The van der Waals surface area contributed by atoms with Crippen molar-refractivity contribution in [3.63, 3.8) is 0 Å². The summed E-state index contributed by atoms with van der Waals surface area (Å²) in [5, 5.41) is 3.20. The standard InChI is InChI=1S/C11H14ClNOS/c1-13-11(7-3-2-4-8(11)14)9-5-6-10(12)15-9/h5-6,13H,2-4,7H2,1H3. The van der Waals surface area contributed by atoms with Crippen molar-refractivity contribution in [2.24, 2.45) is 0 Å². The summed E-state index contributed by atoms with van der Waals surface area (Å²) >= 11 is 7.43. The molecule has 0 spiro atoms. The molecule has 0 amide bonds. The summed E-state index contributed by atoms with van der Waals surface area (Å²) in [5.74, 6) is 0.301. The number of thiophene rings is 1. The van der Waals surface area contributed by atoms with Gasteiger partial charge in [0.15, 0.2) is 5.78 Å².